The highest BCUT2D eigenvalue weighted by atomic mass is 19.1. The summed E-state index contributed by atoms with van der Waals surface area (Å²) in [7, 11) is 1.63. The van der Waals surface area contributed by atoms with Crippen LogP contribution >= 0.6 is 0 Å². The van der Waals surface area contributed by atoms with E-state index in [2.05, 4.69) is 4.57 Å². The fourth-order valence-corrected chi connectivity index (χ4v) is 3.80. The van der Waals surface area contributed by atoms with Gasteiger partial charge in [0, 0.05) is 25.0 Å². The summed E-state index contributed by atoms with van der Waals surface area (Å²) in [5.74, 6) is 0.578. The van der Waals surface area contributed by atoms with Crippen molar-refractivity contribution in [2.75, 3.05) is 7.11 Å². The second-order valence-electron chi connectivity index (χ2n) is 8.01. The largest absolute Gasteiger partial charge is 0.497 e. The predicted molar refractivity (Wildman–Crippen MR) is 127 cm³/mol. The van der Waals surface area contributed by atoms with Gasteiger partial charge < -0.3 is 14.2 Å². The van der Waals surface area contributed by atoms with Gasteiger partial charge in [0.05, 0.1) is 20.1 Å². The van der Waals surface area contributed by atoms with Crippen LogP contribution in [0.4, 0.5) is 4.39 Å². The minimum Gasteiger partial charge on any atom is -0.497 e. The third-order valence-electron chi connectivity index (χ3n) is 5.63. The van der Waals surface area contributed by atoms with E-state index >= 15 is 0 Å². The van der Waals surface area contributed by atoms with Gasteiger partial charge in [-0.2, -0.15) is 0 Å². The van der Waals surface area contributed by atoms with E-state index in [9.17, 15) is 9.18 Å². The standard InChI is InChI=1S/C28H27FN2O2/c1-33-27-15-11-22(12-16-27)18-28(32)31(20-23-6-3-2-4-7-23)21-26-8-5-17-30(26)19-24-9-13-25(29)14-10-24/h2-17H,18-21H2,1H3. The first kappa shape index (κ1) is 22.3. The number of aromatic nitrogens is 1. The first-order valence-electron chi connectivity index (χ1n) is 10.9. The summed E-state index contributed by atoms with van der Waals surface area (Å²) < 4.78 is 20.6. The molecule has 0 aliphatic heterocycles. The molecule has 4 aromatic rings. The lowest BCUT2D eigenvalue weighted by Gasteiger charge is -2.24. The van der Waals surface area contributed by atoms with E-state index in [1.807, 2.05) is 77.8 Å². The van der Waals surface area contributed by atoms with Crippen LogP contribution in [-0.2, 0) is 30.8 Å². The Morgan fingerprint density at radius 2 is 1.52 bits per heavy atom. The van der Waals surface area contributed by atoms with Crippen molar-refractivity contribution < 1.29 is 13.9 Å². The highest BCUT2D eigenvalue weighted by Crippen LogP contribution is 2.17. The molecule has 33 heavy (non-hydrogen) atoms. The Morgan fingerprint density at radius 1 is 0.818 bits per heavy atom. The maximum absolute atomic E-state index is 13.3. The summed E-state index contributed by atoms with van der Waals surface area (Å²) >= 11 is 0. The van der Waals surface area contributed by atoms with Crippen LogP contribution in [0.15, 0.2) is 97.2 Å². The number of nitrogens with zero attached hydrogens (tertiary/aromatic N) is 2. The average Bonchev–Trinajstić information content (AvgIpc) is 3.27. The molecule has 1 heterocycles. The number of ether oxygens (including phenoxy) is 1. The smallest absolute Gasteiger partial charge is 0.227 e. The van der Waals surface area contributed by atoms with Crippen LogP contribution < -0.4 is 4.74 Å². The second kappa shape index (κ2) is 10.6. The van der Waals surface area contributed by atoms with Crippen molar-refractivity contribution >= 4 is 5.91 Å². The zero-order valence-corrected chi connectivity index (χ0v) is 18.7. The van der Waals surface area contributed by atoms with E-state index in [0.717, 1.165) is 28.1 Å². The van der Waals surface area contributed by atoms with Crippen LogP contribution in [0.3, 0.4) is 0 Å². The van der Waals surface area contributed by atoms with Crippen molar-refractivity contribution in [3.8, 4) is 5.75 Å². The van der Waals surface area contributed by atoms with Crippen molar-refractivity contribution in [1.29, 1.82) is 0 Å². The molecule has 0 spiro atoms. The Bertz CT molecular complexity index is 1170. The van der Waals surface area contributed by atoms with E-state index in [1.165, 1.54) is 12.1 Å². The fourth-order valence-electron chi connectivity index (χ4n) is 3.80. The molecule has 3 aromatic carbocycles. The van der Waals surface area contributed by atoms with Crippen LogP contribution in [0, 0.1) is 5.82 Å². The molecule has 0 unspecified atom stereocenters. The molecule has 0 atom stereocenters. The van der Waals surface area contributed by atoms with Gasteiger partial charge in [-0.05, 0) is 53.1 Å². The second-order valence-corrected chi connectivity index (χ2v) is 8.01. The lowest BCUT2D eigenvalue weighted by atomic mass is 10.1. The molecule has 1 amide bonds. The molecule has 0 fully saturated rings. The van der Waals surface area contributed by atoms with Crippen molar-refractivity contribution in [3.05, 3.63) is 125 Å². The number of halogens is 1. The van der Waals surface area contributed by atoms with E-state index in [4.69, 9.17) is 4.74 Å². The van der Waals surface area contributed by atoms with Crippen LogP contribution in [-0.4, -0.2) is 22.5 Å². The molecular weight excluding hydrogens is 415 g/mol. The normalized spacial score (nSPS) is 10.7. The van der Waals surface area contributed by atoms with Crippen LogP contribution in [0.2, 0.25) is 0 Å². The van der Waals surface area contributed by atoms with Crippen molar-refractivity contribution in [2.24, 2.45) is 0 Å². The van der Waals surface area contributed by atoms with E-state index in [1.54, 1.807) is 19.2 Å². The van der Waals surface area contributed by atoms with Gasteiger partial charge in [0.2, 0.25) is 5.91 Å². The predicted octanol–water partition coefficient (Wildman–Crippen LogP) is 5.46. The molecular formula is C28H27FN2O2. The number of hydrogen-bond donors (Lipinski definition) is 0. The summed E-state index contributed by atoms with van der Waals surface area (Å²) in [4.78, 5) is 15.2. The van der Waals surface area contributed by atoms with E-state index in [-0.39, 0.29) is 11.7 Å². The molecule has 5 heteroatoms. The molecule has 0 radical (unpaired) electrons. The quantitative estimate of drug-likeness (QED) is 0.345. The highest BCUT2D eigenvalue weighted by Gasteiger charge is 2.17. The minimum absolute atomic E-state index is 0.0542. The molecule has 0 bridgehead atoms. The first-order valence-corrected chi connectivity index (χ1v) is 10.9. The lowest BCUT2D eigenvalue weighted by molar-refractivity contribution is -0.131. The SMILES string of the molecule is COc1ccc(CC(=O)N(Cc2ccccc2)Cc2cccn2Cc2ccc(F)cc2)cc1. The summed E-state index contributed by atoms with van der Waals surface area (Å²) in [5, 5.41) is 0. The third kappa shape index (κ3) is 6.10. The molecule has 1 aromatic heterocycles. The molecule has 0 saturated heterocycles. The van der Waals surface area contributed by atoms with E-state index in [0.29, 0.717) is 26.1 Å². The van der Waals surface area contributed by atoms with Crippen LogP contribution in [0.25, 0.3) is 0 Å². The van der Waals surface area contributed by atoms with Gasteiger partial charge in [0.15, 0.2) is 0 Å². The van der Waals surface area contributed by atoms with Gasteiger partial charge in [-0.15, -0.1) is 0 Å². The Balaban J connectivity index is 1.53. The van der Waals surface area contributed by atoms with Gasteiger partial charge >= 0.3 is 0 Å². The average molecular weight is 443 g/mol. The molecule has 0 saturated carbocycles. The maximum Gasteiger partial charge on any atom is 0.227 e. The molecule has 0 aliphatic carbocycles. The number of benzene rings is 3. The summed E-state index contributed by atoms with van der Waals surface area (Å²) in [6.07, 6.45) is 2.31. The minimum atomic E-state index is -0.246. The summed E-state index contributed by atoms with van der Waals surface area (Å²) in [6, 6.07) is 28.1. The van der Waals surface area contributed by atoms with Crippen molar-refractivity contribution in [3.63, 3.8) is 0 Å². The van der Waals surface area contributed by atoms with Crippen LogP contribution in [0.1, 0.15) is 22.4 Å². The molecule has 0 N–H and O–H groups in total. The van der Waals surface area contributed by atoms with Gasteiger partial charge in [0.25, 0.3) is 0 Å². The zero-order valence-electron chi connectivity index (χ0n) is 18.7. The maximum atomic E-state index is 13.3. The van der Waals surface area contributed by atoms with Gasteiger partial charge in [0.1, 0.15) is 11.6 Å². The fraction of sp³-hybridized carbons (Fsp3) is 0.179. The lowest BCUT2D eigenvalue weighted by Crippen LogP contribution is -2.32. The van der Waals surface area contributed by atoms with Gasteiger partial charge in [-0.25, -0.2) is 4.39 Å². The van der Waals surface area contributed by atoms with Crippen LogP contribution in [0.5, 0.6) is 5.75 Å². The molecule has 0 aliphatic rings. The number of hydrogen-bond acceptors (Lipinski definition) is 2. The number of amides is 1. The van der Waals surface area contributed by atoms with E-state index < -0.39 is 0 Å². The number of rotatable bonds is 9. The highest BCUT2D eigenvalue weighted by molar-refractivity contribution is 5.78. The molecule has 4 nitrogen and oxygen atoms in total. The van der Waals surface area contributed by atoms with Gasteiger partial charge in [-0.3, -0.25) is 4.79 Å². The molecule has 168 valence electrons. The summed E-state index contributed by atoms with van der Waals surface area (Å²) in [6.45, 7) is 1.63. The number of carbonyl (C=O) groups is 1. The van der Waals surface area contributed by atoms with Gasteiger partial charge in [-0.1, -0.05) is 54.6 Å². The number of carbonyl (C=O) groups excluding carboxylic acids is 1. The zero-order chi connectivity index (χ0) is 23.0. The number of methoxy groups -OCH3 is 1. The Morgan fingerprint density at radius 3 is 2.21 bits per heavy atom. The van der Waals surface area contributed by atoms with Crippen molar-refractivity contribution in [1.82, 2.24) is 9.47 Å². The monoisotopic (exact) mass is 442 g/mol. The first-order chi connectivity index (χ1) is 16.1. The summed E-state index contributed by atoms with van der Waals surface area (Å²) in [5.41, 5.74) is 4.06. The topological polar surface area (TPSA) is 34.5 Å². The Labute approximate surface area is 193 Å². The molecule has 4 rings (SSSR count). The third-order valence-corrected chi connectivity index (χ3v) is 5.63. The Kier molecular flexibility index (Phi) is 7.20. The Hall–Kier alpha value is -3.86. The van der Waals surface area contributed by atoms with Crippen molar-refractivity contribution in [2.45, 2.75) is 26.1 Å².